The molecule has 0 heterocycles. The van der Waals surface area contributed by atoms with Gasteiger partial charge in [0.05, 0.1) is 12.2 Å². The van der Waals surface area contributed by atoms with Crippen LogP contribution in [0.5, 0.6) is 0 Å². The second kappa shape index (κ2) is 6.48. The number of halogens is 2. The first-order valence-electron chi connectivity index (χ1n) is 5.16. The molecule has 0 amide bonds. The lowest BCUT2D eigenvalue weighted by atomic mass is 10.2. The molecular weight excluding hydrogens is 231 g/mol. The van der Waals surface area contributed by atoms with Crippen molar-refractivity contribution in [1.29, 1.82) is 0 Å². The van der Waals surface area contributed by atoms with Gasteiger partial charge in [0.25, 0.3) is 0 Å². The van der Waals surface area contributed by atoms with E-state index in [-0.39, 0.29) is 11.2 Å². The number of hydrogen-bond acceptors (Lipinski definition) is 2. The molecule has 2 nitrogen and oxygen atoms in total. The van der Waals surface area contributed by atoms with E-state index in [2.05, 4.69) is 0 Å². The molecule has 0 aliphatic heterocycles. The van der Waals surface area contributed by atoms with Gasteiger partial charge in [0.1, 0.15) is 5.82 Å². The summed E-state index contributed by atoms with van der Waals surface area (Å²) in [6.45, 7) is 2.23. The average molecular weight is 245 g/mol. The van der Waals surface area contributed by atoms with Gasteiger partial charge in [-0.3, -0.25) is 0 Å². The molecule has 0 fully saturated rings. The standard InChI is InChI=1S/C12H14ClFO2/c1-9(13)3-2-8-16-12(15)10-4-6-11(14)7-5-10/h4-7,9H,2-3,8H2,1H3. The number of hydrogen-bond donors (Lipinski definition) is 0. The van der Waals surface area contributed by atoms with Crippen LogP contribution in [0.4, 0.5) is 4.39 Å². The number of carbonyl (C=O) groups excluding carboxylic acids is 1. The molecule has 0 aliphatic rings. The molecule has 0 aliphatic carbocycles. The van der Waals surface area contributed by atoms with E-state index in [0.29, 0.717) is 12.2 Å². The fourth-order valence-corrected chi connectivity index (χ4v) is 1.35. The number of ether oxygens (including phenoxy) is 1. The van der Waals surface area contributed by atoms with Crippen LogP contribution in [0.25, 0.3) is 0 Å². The smallest absolute Gasteiger partial charge is 0.338 e. The summed E-state index contributed by atoms with van der Waals surface area (Å²) in [7, 11) is 0. The zero-order valence-corrected chi connectivity index (χ0v) is 9.84. The topological polar surface area (TPSA) is 26.3 Å². The highest BCUT2D eigenvalue weighted by molar-refractivity contribution is 6.20. The van der Waals surface area contributed by atoms with Gasteiger partial charge in [0.2, 0.25) is 0 Å². The van der Waals surface area contributed by atoms with Crippen molar-refractivity contribution in [2.75, 3.05) is 6.61 Å². The Morgan fingerprint density at radius 2 is 2.06 bits per heavy atom. The summed E-state index contributed by atoms with van der Waals surface area (Å²) in [5.41, 5.74) is 0.361. The van der Waals surface area contributed by atoms with Crippen molar-refractivity contribution in [3.63, 3.8) is 0 Å². The molecule has 1 aromatic rings. The highest BCUT2D eigenvalue weighted by Crippen LogP contribution is 2.07. The molecule has 4 heteroatoms. The summed E-state index contributed by atoms with van der Waals surface area (Å²) < 4.78 is 17.6. The fraction of sp³-hybridized carbons (Fsp3) is 0.417. The minimum atomic E-state index is -0.428. The van der Waals surface area contributed by atoms with E-state index in [1.807, 2.05) is 6.92 Å². The van der Waals surface area contributed by atoms with Crippen LogP contribution in [0, 0.1) is 5.82 Å². The van der Waals surface area contributed by atoms with Gasteiger partial charge in [-0.25, -0.2) is 9.18 Å². The molecule has 1 rings (SSSR count). The number of rotatable bonds is 5. The molecule has 0 radical (unpaired) electrons. The summed E-state index contributed by atoms with van der Waals surface area (Å²) in [4.78, 5) is 11.4. The lowest BCUT2D eigenvalue weighted by molar-refractivity contribution is 0.0498. The summed E-state index contributed by atoms with van der Waals surface area (Å²) in [6.07, 6.45) is 1.54. The van der Waals surface area contributed by atoms with Crippen molar-refractivity contribution in [2.45, 2.75) is 25.1 Å². The molecule has 0 spiro atoms. The van der Waals surface area contributed by atoms with Crippen LogP contribution in [-0.4, -0.2) is 18.0 Å². The molecule has 0 saturated carbocycles. The fourth-order valence-electron chi connectivity index (χ4n) is 1.20. The van der Waals surface area contributed by atoms with Crippen molar-refractivity contribution >= 4 is 17.6 Å². The van der Waals surface area contributed by atoms with Crippen LogP contribution in [0.2, 0.25) is 0 Å². The van der Waals surface area contributed by atoms with E-state index in [1.165, 1.54) is 24.3 Å². The molecule has 1 unspecified atom stereocenters. The van der Waals surface area contributed by atoms with E-state index in [0.717, 1.165) is 12.8 Å². The predicted molar refractivity (Wildman–Crippen MR) is 61.2 cm³/mol. The van der Waals surface area contributed by atoms with Gasteiger partial charge in [0, 0.05) is 5.38 Å². The number of benzene rings is 1. The molecule has 1 atom stereocenters. The number of esters is 1. The Bertz CT molecular complexity index is 335. The van der Waals surface area contributed by atoms with E-state index < -0.39 is 5.97 Å². The zero-order chi connectivity index (χ0) is 12.0. The molecule has 0 bridgehead atoms. The van der Waals surface area contributed by atoms with Crippen LogP contribution in [0.3, 0.4) is 0 Å². The zero-order valence-electron chi connectivity index (χ0n) is 9.08. The Kier molecular flexibility index (Phi) is 5.26. The van der Waals surface area contributed by atoms with Gasteiger partial charge in [0.15, 0.2) is 0 Å². The Balaban J connectivity index is 2.32. The second-order valence-corrected chi connectivity index (χ2v) is 4.31. The highest BCUT2D eigenvalue weighted by atomic mass is 35.5. The maximum absolute atomic E-state index is 12.6. The normalized spacial score (nSPS) is 12.2. The molecule has 0 aromatic heterocycles. The highest BCUT2D eigenvalue weighted by Gasteiger charge is 2.06. The quantitative estimate of drug-likeness (QED) is 0.451. The lowest BCUT2D eigenvalue weighted by Crippen LogP contribution is -2.07. The van der Waals surface area contributed by atoms with Gasteiger partial charge in [-0.15, -0.1) is 11.6 Å². The van der Waals surface area contributed by atoms with Gasteiger partial charge in [-0.05, 0) is 44.0 Å². The first-order valence-corrected chi connectivity index (χ1v) is 5.60. The van der Waals surface area contributed by atoms with Crippen LogP contribution < -0.4 is 0 Å². The van der Waals surface area contributed by atoms with Crippen LogP contribution in [-0.2, 0) is 4.74 Å². The molecule has 88 valence electrons. The predicted octanol–water partition coefficient (Wildman–Crippen LogP) is 3.39. The minimum Gasteiger partial charge on any atom is -0.462 e. The van der Waals surface area contributed by atoms with Crippen molar-refractivity contribution in [2.24, 2.45) is 0 Å². The number of alkyl halides is 1. The van der Waals surface area contributed by atoms with Gasteiger partial charge < -0.3 is 4.74 Å². The SMILES string of the molecule is CC(Cl)CCCOC(=O)c1ccc(F)cc1. The Morgan fingerprint density at radius 3 is 2.62 bits per heavy atom. The Hall–Kier alpha value is -1.09. The summed E-state index contributed by atoms with van der Waals surface area (Å²) >= 11 is 5.75. The van der Waals surface area contributed by atoms with E-state index in [4.69, 9.17) is 16.3 Å². The van der Waals surface area contributed by atoms with Crippen LogP contribution in [0.1, 0.15) is 30.1 Å². The van der Waals surface area contributed by atoms with Gasteiger partial charge in [-0.2, -0.15) is 0 Å². The van der Waals surface area contributed by atoms with Crippen molar-refractivity contribution in [3.8, 4) is 0 Å². The third-order valence-corrected chi connectivity index (χ3v) is 2.28. The largest absolute Gasteiger partial charge is 0.462 e. The summed E-state index contributed by atoms with van der Waals surface area (Å²) in [5.74, 6) is -0.797. The number of carbonyl (C=O) groups is 1. The second-order valence-electron chi connectivity index (χ2n) is 3.57. The molecule has 0 N–H and O–H groups in total. The summed E-state index contributed by atoms with van der Waals surface area (Å²) in [6, 6.07) is 5.28. The van der Waals surface area contributed by atoms with Crippen LogP contribution >= 0.6 is 11.6 Å². The van der Waals surface area contributed by atoms with Gasteiger partial charge in [-0.1, -0.05) is 0 Å². The third kappa shape index (κ3) is 4.62. The molecule has 0 saturated heterocycles. The van der Waals surface area contributed by atoms with Gasteiger partial charge >= 0.3 is 5.97 Å². The van der Waals surface area contributed by atoms with Crippen molar-refractivity contribution in [3.05, 3.63) is 35.6 Å². The maximum atomic E-state index is 12.6. The van der Waals surface area contributed by atoms with E-state index >= 15 is 0 Å². The summed E-state index contributed by atoms with van der Waals surface area (Å²) in [5, 5.41) is 0.0875. The van der Waals surface area contributed by atoms with E-state index in [1.54, 1.807) is 0 Å². The van der Waals surface area contributed by atoms with Crippen molar-refractivity contribution < 1.29 is 13.9 Å². The molecule has 1 aromatic carbocycles. The first kappa shape index (κ1) is 13.0. The van der Waals surface area contributed by atoms with E-state index in [9.17, 15) is 9.18 Å². The lowest BCUT2D eigenvalue weighted by Gasteiger charge is -2.05. The maximum Gasteiger partial charge on any atom is 0.338 e. The monoisotopic (exact) mass is 244 g/mol. The Labute approximate surface area is 99.4 Å². The van der Waals surface area contributed by atoms with Crippen molar-refractivity contribution in [1.82, 2.24) is 0 Å². The molecule has 16 heavy (non-hydrogen) atoms. The third-order valence-electron chi connectivity index (χ3n) is 2.06. The minimum absolute atomic E-state index is 0.0875. The van der Waals surface area contributed by atoms with Crippen LogP contribution in [0.15, 0.2) is 24.3 Å². The molecular formula is C12H14ClFO2. The average Bonchev–Trinajstić information content (AvgIpc) is 2.25. The Morgan fingerprint density at radius 1 is 1.44 bits per heavy atom. The first-order chi connectivity index (χ1) is 7.59.